The molecule has 3 N–H and O–H groups in total. The molecular weight excluding hydrogens is 348 g/mol. The molecule has 0 aromatic heterocycles. The van der Waals surface area contributed by atoms with Crippen molar-refractivity contribution in [2.75, 3.05) is 23.7 Å². The summed E-state index contributed by atoms with van der Waals surface area (Å²) >= 11 is 0. The second-order valence-corrected chi connectivity index (χ2v) is 5.95. The third kappa shape index (κ3) is 4.12. The van der Waals surface area contributed by atoms with Gasteiger partial charge in [0.2, 0.25) is 5.91 Å². The van der Waals surface area contributed by atoms with E-state index in [2.05, 4.69) is 16.0 Å². The zero-order chi connectivity index (χ0) is 19.4. The molecule has 0 fully saturated rings. The zero-order valence-corrected chi connectivity index (χ0v) is 14.6. The average Bonchev–Trinajstić information content (AvgIpc) is 2.88. The Morgan fingerprint density at radius 2 is 1.37 bits per heavy atom. The number of rotatable bonds is 5. The number of hydrogen-bond donors (Lipinski definition) is 3. The molecule has 138 valence electrons. The van der Waals surface area contributed by atoms with E-state index in [-0.39, 0.29) is 30.8 Å². The Morgan fingerprint density at radius 3 is 1.89 bits per heavy atom. The Kier molecular flexibility index (Phi) is 5.16. The van der Waals surface area contributed by atoms with Gasteiger partial charge in [-0.05, 0) is 36.4 Å². The molecule has 8 nitrogen and oxygen atoms in total. The van der Waals surface area contributed by atoms with Gasteiger partial charge in [0.05, 0.1) is 11.1 Å². The van der Waals surface area contributed by atoms with Crippen molar-refractivity contribution < 1.29 is 19.2 Å². The van der Waals surface area contributed by atoms with Crippen LogP contribution in [0.15, 0.2) is 48.5 Å². The first-order chi connectivity index (χ1) is 13.0. The largest absolute Gasteiger partial charge is 0.336 e. The van der Waals surface area contributed by atoms with E-state index in [0.717, 1.165) is 4.90 Å². The minimum absolute atomic E-state index is 0.0846. The van der Waals surface area contributed by atoms with Crippen molar-refractivity contribution >= 4 is 35.1 Å². The lowest BCUT2D eigenvalue weighted by molar-refractivity contribution is -0.114. The van der Waals surface area contributed by atoms with Crippen LogP contribution in [-0.2, 0) is 4.79 Å². The van der Waals surface area contributed by atoms with Crippen molar-refractivity contribution in [3.05, 3.63) is 59.7 Å². The number of carbonyl (C=O) groups excluding carboxylic acids is 4. The molecule has 27 heavy (non-hydrogen) atoms. The van der Waals surface area contributed by atoms with Crippen LogP contribution in [0.1, 0.15) is 27.6 Å². The highest BCUT2D eigenvalue weighted by Crippen LogP contribution is 2.21. The molecule has 2 aromatic carbocycles. The van der Waals surface area contributed by atoms with Gasteiger partial charge in [-0.15, -0.1) is 0 Å². The molecule has 3 rings (SSSR count). The SMILES string of the molecule is CC(=O)Nc1ccc(NC(=O)NCCN2C(=O)c3ccccc3C2=O)cc1. The minimum atomic E-state index is -0.459. The maximum absolute atomic E-state index is 12.2. The van der Waals surface area contributed by atoms with Crippen molar-refractivity contribution in [2.24, 2.45) is 0 Å². The van der Waals surface area contributed by atoms with Gasteiger partial charge in [0.15, 0.2) is 0 Å². The highest BCUT2D eigenvalue weighted by Gasteiger charge is 2.34. The number of hydrogen-bond acceptors (Lipinski definition) is 4. The molecule has 8 heteroatoms. The van der Waals surface area contributed by atoms with Gasteiger partial charge >= 0.3 is 6.03 Å². The number of anilines is 2. The number of nitrogens with zero attached hydrogens (tertiary/aromatic N) is 1. The Balaban J connectivity index is 1.48. The zero-order valence-electron chi connectivity index (χ0n) is 14.6. The molecule has 0 unspecified atom stereocenters. The van der Waals surface area contributed by atoms with Crippen LogP contribution in [-0.4, -0.2) is 41.7 Å². The Labute approximate surface area is 155 Å². The molecular formula is C19H18N4O4. The fourth-order valence-corrected chi connectivity index (χ4v) is 2.74. The first kappa shape index (κ1) is 18.1. The topological polar surface area (TPSA) is 108 Å². The lowest BCUT2D eigenvalue weighted by atomic mass is 10.1. The highest BCUT2D eigenvalue weighted by molar-refractivity contribution is 6.21. The molecule has 0 spiro atoms. The second kappa shape index (κ2) is 7.69. The van der Waals surface area contributed by atoms with E-state index in [1.54, 1.807) is 48.5 Å². The summed E-state index contributed by atoms with van der Waals surface area (Å²) in [7, 11) is 0. The summed E-state index contributed by atoms with van der Waals surface area (Å²) in [6.45, 7) is 1.62. The number of urea groups is 1. The number of carbonyl (C=O) groups is 4. The predicted octanol–water partition coefficient (Wildman–Crippen LogP) is 2.06. The minimum Gasteiger partial charge on any atom is -0.336 e. The van der Waals surface area contributed by atoms with Gasteiger partial charge in [-0.25, -0.2) is 4.79 Å². The molecule has 1 aliphatic heterocycles. The van der Waals surface area contributed by atoms with Crippen LogP contribution in [0, 0.1) is 0 Å². The lowest BCUT2D eigenvalue weighted by Gasteiger charge is -2.14. The Bertz CT molecular complexity index is 873. The van der Waals surface area contributed by atoms with Crippen LogP contribution in [0.25, 0.3) is 0 Å². The van der Waals surface area contributed by atoms with Gasteiger partial charge in [0.25, 0.3) is 11.8 Å². The van der Waals surface area contributed by atoms with E-state index in [4.69, 9.17) is 0 Å². The quantitative estimate of drug-likeness (QED) is 0.704. The van der Waals surface area contributed by atoms with Crippen LogP contribution < -0.4 is 16.0 Å². The van der Waals surface area contributed by atoms with Crippen molar-refractivity contribution in [3.8, 4) is 0 Å². The fourth-order valence-electron chi connectivity index (χ4n) is 2.74. The Hall–Kier alpha value is -3.68. The van der Waals surface area contributed by atoms with Gasteiger partial charge in [0.1, 0.15) is 0 Å². The van der Waals surface area contributed by atoms with E-state index < -0.39 is 6.03 Å². The maximum atomic E-state index is 12.2. The Morgan fingerprint density at radius 1 is 0.852 bits per heavy atom. The molecule has 5 amide bonds. The summed E-state index contributed by atoms with van der Waals surface area (Å²) in [6.07, 6.45) is 0. The summed E-state index contributed by atoms with van der Waals surface area (Å²) < 4.78 is 0. The number of fused-ring (bicyclic) bond motifs is 1. The molecule has 1 aliphatic rings. The molecule has 0 radical (unpaired) electrons. The van der Waals surface area contributed by atoms with E-state index in [9.17, 15) is 19.2 Å². The van der Waals surface area contributed by atoms with Crippen LogP contribution in [0.3, 0.4) is 0 Å². The lowest BCUT2D eigenvalue weighted by Crippen LogP contribution is -2.39. The first-order valence-electron chi connectivity index (χ1n) is 8.33. The summed E-state index contributed by atoms with van der Waals surface area (Å²) in [5.74, 6) is -0.889. The summed E-state index contributed by atoms with van der Waals surface area (Å²) in [5, 5.41) is 7.87. The van der Waals surface area contributed by atoms with E-state index >= 15 is 0 Å². The summed E-state index contributed by atoms with van der Waals surface area (Å²) in [5.41, 5.74) is 1.93. The number of amides is 5. The molecule has 0 saturated heterocycles. The van der Waals surface area contributed by atoms with Crippen LogP contribution >= 0.6 is 0 Å². The standard InChI is InChI=1S/C19H18N4O4/c1-12(24)21-13-6-8-14(9-7-13)22-19(27)20-10-11-23-17(25)15-4-2-3-5-16(15)18(23)26/h2-9H,10-11H2,1H3,(H,21,24)(H2,20,22,27). The molecule has 2 aromatic rings. The van der Waals surface area contributed by atoms with Crippen LogP contribution in [0.4, 0.5) is 16.2 Å². The van der Waals surface area contributed by atoms with Gasteiger partial charge < -0.3 is 16.0 Å². The van der Waals surface area contributed by atoms with Crippen molar-refractivity contribution in [2.45, 2.75) is 6.92 Å². The maximum Gasteiger partial charge on any atom is 0.319 e. The molecule has 0 atom stereocenters. The number of nitrogens with one attached hydrogen (secondary N) is 3. The van der Waals surface area contributed by atoms with Gasteiger partial charge in [-0.3, -0.25) is 19.3 Å². The van der Waals surface area contributed by atoms with Gasteiger partial charge in [-0.1, -0.05) is 12.1 Å². The molecule has 0 saturated carbocycles. The molecule has 1 heterocycles. The van der Waals surface area contributed by atoms with Crippen molar-refractivity contribution in [1.29, 1.82) is 0 Å². The fraction of sp³-hybridized carbons (Fsp3) is 0.158. The number of imide groups is 1. The second-order valence-electron chi connectivity index (χ2n) is 5.95. The van der Waals surface area contributed by atoms with Crippen LogP contribution in [0.5, 0.6) is 0 Å². The van der Waals surface area contributed by atoms with Gasteiger partial charge in [0, 0.05) is 31.4 Å². The van der Waals surface area contributed by atoms with Crippen molar-refractivity contribution in [1.82, 2.24) is 10.2 Å². The molecule has 0 aliphatic carbocycles. The molecule has 0 bridgehead atoms. The third-order valence-corrected chi connectivity index (χ3v) is 3.96. The van der Waals surface area contributed by atoms with Gasteiger partial charge in [-0.2, -0.15) is 0 Å². The van der Waals surface area contributed by atoms with E-state index in [1.165, 1.54) is 6.92 Å². The van der Waals surface area contributed by atoms with Crippen LogP contribution in [0.2, 0.25) is 0 Å². The van der Waals surface area contributed by atoms with E-state index in [0.29, 0.717) is 22.5 Å². The predicted molar refractivity (Wildman–Crippen MR) is 99.6 cm³/mol. The smallest absolute Gasteiger partial charge is 0.319 e. The summed E-state index contributed by atoms with van der Waals surface area (Å²) in [6, 6.07) is 12.8. The first-order valence-corrected chi connectivity index (χ1v) is 8.33. The monoisotopic (exact) mass is 366 g/mol. The van der Waals surface area contributed by atoms with Crippen molar-refractivity contribution in [3.63, 3.8) is 0 Å². The number of benzene rings is 2. The normalized spacial score (nSPS) is 12.6. The van der Waals surface area contributed by atoms with E-state index in [1.807, 2.05) is 0 Å². The highest BCUT2D eigenvalue weighted by atomic mass is 16.2. The summed E-state index contributed by atoms with van der Waals surface area (Å²) in [4.78, 5) is 48.5. The third-order valence-electron chi connectivity index (χ3n) is 3.96. The average molecular weight is 366 g/mol.